The number of benzene rings is 1. The number of nitrogens with zero attached hydrogens (tertiary/aromatic N) is 1. The van der Waals surface area contributed by atoms with Crippen LogP contribution in [-0.4, -0.2) is 18.2 Å². The zero-order valence-corrected chi connectivity index (χ0v) is 9.71. The molecule has 1 N–H and O–H groups in total. The maximum absolute atomic E-state index is 11.3. The molecule has 1 aromatic carbocycles. The fourth-order valence-electron chi connectivity index (χ4n) is 1.23. The van der Waals surface area contributed by atoms with E-state index in [2.05, 4.69) is 11.3 Å². The summed E-state index contributed by atoms with van der Waals surface area (Å²) < 4.78 is 9.42. The first-order valence-electron chi connectivity index (χ1n) is 4.93. The van der Waals surface area contributed by atoms with Crippen molar-refractivity contribution in [1.82, 2.24) is 0 Å². The molecule has 0 spiro atoms. The second kappa shape index (κ2) is 6.11. The van der Waals surface area contributed by atoms with Crippen molar-refractivity contribution in [1.29, 1.82) is 5.26 Å². The SMILES string of the molecule is C=COC(=O)/C(C#N)=C/c1ccc(O)c(OC)c1. The molecule has 0 amide bonds. The fourth-order valence-corrected chi connectivity index (χ4v) is 1.23. The molecule has 0 bridgehead atoms. The average Bonchev–Trinajstić information content (AvgIpc) is 2.37. The van der Waals surface area contributed by atoms with E-state index in [0.717, 1.165) is 6.26 Å². The minimum absolute atomic E-state index is 0.0261. The van der Waals surface area contributed by atoms with E-state index in [1.807, 2.05) is 0 Å². The number of esters is 1. The van der Waals surface area contributed by atoms with Gasteiger partial charge in [-0.05, 0) is 23.8 Å². The smallest absolute Gasteiger partial charge is 0.353 e. The molecule has 0 atom stereocenters. The second-order valence-electron chi connectivity index (χ2n) is 3.17. The van der Waals surface area contributed by atoms with Gasteiger partial charge < -0.3 is 14.6 Å². The molecule has 0 saturated carbocycles. The third-order valence-electron chi connectivity index (χ3n) is 2.05. The summed E-state index contributed by atoms with van der Waals surface area (Å²) in [6, 6.07) is 6.16. The van der Waals surface area contributed by atoms with E-state index in [4.69, 9.17) is 10.00 Å². The molecule has 1 rings (SSSR count). The van der Waals surface area contributed by atoms with Gasteiger partial charge in [0.05, 0.1) is 13.4 Å². The standard InChI is InChI=1S/C13H11NO4/c1-3-18-13(16)10(8-14)6-9-4-5-11(15)12(7-9)17-2/h3-7,15H,1H2,2H3/b10-6+. The lowest BCUT2D eigenvalue weighted by Gasteiger charge is -2.04. The Kier molecular flexibility index (Phi) is 4.52. The number of phenolic OH excluding ortho intramolecular Hbond substituents is 1. The third-order valence-corrected chi connectivity index (χ3v) is 2.05. The van der Waals surface area contributed by atoms with Crippen LogP contribution in [0.4, 0.5) is 0 Å². The van der Waals surface area contributed by atoms with Gasteiger partial charge in [-0.15, -0.1) is 0 Å². The molecule has 0 aliphatic carbocycles. The number of phenols is 1. The number of nitriles is 1. The van der Waals surface area contributed by atoms with E-state index in [9.17, 15) is 9.90 Å². The number of ether oxygens (including phenoxy) is 2. The van der Waals surface area contributed by atoms with Crippen molar-refractivity contribution in [2.24, 2.45) is 0 Å². The minimum atomic E-state index is -0.792. The van der Waals surface area contributed by atoms with Crippen LogP contribution in [-0.2, 0) is 9.53 Å². The number of hydrogen-bond acceptors (Lipinski definition) is 5. The number of hydrogen-bond donors (Lipinski definition) is 1. The molecule has 0 aromatic heterocycles. The number of carbonyl (C=O) groups excluding carboxylic acids is 1. The molecule has 5 heteroatoms. The maximum atomic E-state index is 11.3. The molecule has 18 heavy (non-hydrogen) atoms. The van der Waals surface area contributed by atoms with Crippen LogP contribution >= 0.6 is 0 Å². The van der Waals surface area contributed by atoms with Gasteiger partial charge in [-0.3, -0.25) is 0 Å². The predicted octanol–water partition coefficient (Wildman–Crippen LogP) is 1.99. The van der Waals surface area contributed by atoms with Gasteiger partial charge in [0.25, 0.3) is 0 Å². The highest BCUT2D eigenvalue weighted by Gasteiger charge is 2.10. The van der Waals surface area contributed by atoms with Gasteiger partial charge >= 0.3 is 5.97 Å². The van der Waals surface area contributed by atoms with Crippen LogP contribution in [0.5, 0.6) is 11.5 Å². The summed E-state index contributed by atoms with van der Waals surface area (Å²) in [6.45, 7) is 3.23. The topological polar surface area (TPSA) is 79.6 Å². The Hall–Kier alpha value is -2.74. The lowest BCUT2D eigenvalue weighted by molar-refractivity contribution is -0.133. The van der Waals surface area contributed by atoms with Crippen molar-refractivity contribution in [3.63, 3.8) is 0 Å². The summed E-state index contributed by atoms with van der Waals surface area (Å²) in [5.74, 6) is -0.570. The molecule has 0 aliphatic rings. The van der Waals surface area contributed by atoms with Crippen molar-refractivity contribution in [3.8, 4) is 17.6 Å². The Morgan fingerprint density at radius 1 is 1.56 bits per heavy atom. The molecule has 92 valence electrons. The van der Waals surface area contributed by atoms with Crippen LogP contribution < -0.4 is 4.74 Å². The number of aromatic hydroxyl groups is 1. The van der Waals surface area contributed by atoms with E-state index in [1.54, 1.807) is 6.07 Å². The summed E-state index contributed by atoms with van der Waals surface area (Å²) in [5, 5.41) is 18.2. The van der Waals surface area contributed by atoms with E-state index in [1.165, 1.54) is 31.4 Å². The molecule has 5 nitrogen and oxygen atoms in total. The summed E-state index contributed by atoms with van der Waals surface area (Å²) in [7, 11) is 1.40. The monoisotopic (exact) mass is 245 g/mol. The molecule has 0 aliphatic heterocycles. The normalized spacial score (nSPS) is 10.3. The van der Waals surface area contributed by atoms with Gasteiger partial charge in [-0.25, -0.2) is 4.79 Å². The molecular formula is C13H11NO4. The first kappa shape index (κ1) is 13.3. The van der Waals surface area contributed by atoms with Crippen molar-refractivity contribution in [2.75, 3.05) is 7.11 Å². The Labute approximate surface area is 104 Å². The van der Waals surface area contributed by atoms with Gasteiger partial charge in [0.15, 0.2) is 11.5 Å². The van der Waals surface area contributed by atoms with E-state index in [-0.39, 0.29) is 17.1 Å². The zero-order chi connectivity index (χ0) is 13.5. The Balaban J connectivity index is 3.10. The Bertz CT molecular complexity index is 540. The van der Waals surface area contributed by atoms with Crippen molar-refractivity contribution >= 4 is 12.0 Å². The second-order valence-corrected chi connectivity index (χ2v) is 3.17. The zero-order valence-electron chi connectivity index (χ0n) is 9.71. The lowest BCUT2D eigenvalue weighted by Crippen LogP contribution is -2.01. The summed E-state index contributed by atoms with van der Waals surface area (Å²) >= 11 is 0. The highest BCUT2D eigenvalue weighted by atomic mass is 16.5. The minimum Gasteiger partial charge on any atom is -0.504 e. The van der Waals surface area contributed by atoms with Gasteiger partial charge in [-0.1, -0.05) is 12.6 Å². The Morgan fingerprint density at radius 2 is 2.28 bits per heavy atom. The molecule has 0 heterocycles. The number of rotatable bonds is 4. The average molecular weight is 245 g/mol. The van der Waals surface area contributed by atoms with Crippen molar-refractivity contribution in [2.45, 2.75) is 0 Å². The van der Waals surface area contributed by atoms with Crippen molar-refractivity contribution < 1.29 is 19.4 Å². The van der Waals surface area contributed by atoms with Crippen LogP contribution in [0.15, 0.2) is 36.6 Å². The van der Waals surface area contributed by atoms with Crippen LogP contribution in [0.1, 0.15) is 5.56 Å². The van der Waals surface area contributed by atoms with Gasteiger partial charge in [0, 0.05) is 0 Å². The summed E-state index contributed by atoms with van der Waals surface area (Å²) in [6.07, 6.45) is 2.28. The quantitative estimate of drug-likeness (QED) is 0.380. The highest BCUT2D eigenvalue weighted by Crippen LogP contribution is 2.27. The van der Waals surface area contributed by atoms with E-state index in [0.29, 0.717) is 5.56 Å². The van der Waals surface area contributed by atoms with Crippen LogP contribution in [0.25, 0.3) is 6.08 Å². The molecule has 0 fully saturated rings. The largest absolute Gasteiger partial charge is 0.504 e. The van der Waals surface area contributed by atoms with Gasteiger partial charge in [0.1, 0.15) is 11.6 Å². The number of carbonyl (C=O) groups is 1. The van der Waals surface area contributed by atoms with Crippen LogP contribution in [0, 0.1) is 11.3 Å². The highest BCUT2D eigenvalue weighted by molar-refractivity contribution is 5.98. The molecule has 0 unspecified atom stereocenters. The fraction of sp³-hybridized carbons (Fsp3) is 0.0769. The summed E-state index contributed by atoms with van der Waals surface area (Å²) in [5.41, 5.74) is 0.352. The van der Waals surface area contributed by atoms with Gasteiger partial charge in [-0.2, -0.15) is 5.26 Å². The van der Waals surface area contributed by atoms with E-state index < -0.39 is 5.97 Å². The maximum Gasteiger partial charge on any atom is 0.353 e. The van der Waals surface area contributed by atoms with Crippen LogP contribution in [0.2, 0.25) is 0 Å². The Morgan fingerprint density at radius 3 is 2.83 bits per heavy atom. The molecular weight excluding hydrogens is 234 g/mol. The molecule has 1 aromatic rings. The lowest BCUT2D eigenvalue weighted by atomic mass is 10.1. The molecule has 0 radical (unpaired) electrons. The predicted molar refractivity (Wildman–Crippen MR) is 64.5 cm³/mol. The molecule has 0 saturated heterocycles. The first-order chi connectivity index (χ1) is 8.62. The van der Waals surface area contributed by atoms with Crippen LogP contribution in [0.3, 0.4) is 0 Å². The van der Waals surface area contributed by atoms with Gasteiger partial charge in [0.2, 0.25) is 0 Å². The summed E-state index contributed by atoms with van der Waals surface area (Å²) in [4.78, 5) is 11.3. The first-order valence-corrected chi connectivity index (χ1v) is 4.93. The number of methoxy groups -OCH3 is 1. The van der Waals surface area contributed by atoms with E-state index >= 15 is 0 Å². The van der Waals surface area contributed by atoms with Crippen molar-refractivity contribution in [3.05, 3.63) is 42.2 Å². The third kappa shape index (κ3) is 3.12.